The quantitative estimate of drug-likeness (QED) is 0.787. The predicted octanol–water partition coefficient (Wildman–Crippen LogP) is 4.07. The number of aryl methyl sites for hydroxylation is 1. The third-order valence-electron chi connectivity index (χ3n) is 3.15. The smallest absolute Gasteiger partial charge is 0.128 e. The van der Waals surface area contributed by atoms with Crippen LogP contribution in [-0.2, 0) is 0 Å². The van der Waals surface area contributed by atoms with Crippen LogP contribution in [0.5, 0.6) is 0 Å². The maximum Gasteiger partial charge on any atom is 0.128 e. The van der Waals surface area contributed by atoms with Crippen LogP contribution < -0.4 is 11.1 Å². The number of thioether (sulfide) groups is 1. The molecule has 1 unspecified atom stereocenters. The van der Waals surface area contributed by atoms with Crippen LogP contribution in [0.1, 0.15) is 24.1 Å². The Labute approximate surface area is 135 Å². The Morgan fingerprint density at radius 1 is 1.38 bits per heavy atom. The van der Waals surface area contributed by atoms with Crippen molar-refractivity contribution in [2.24, 2.45) is 0 Å². The number of rotatable bonds is 6. The SMILES string of the molecule is CCNC(CSc1ccccc1Cl)c1cc(C)cnc1N. The number of nitrogen functional groups attached to an aromatic ring is 1. The highest BCUT2D eigenvalue weighted by molar-refractivity contribution is 7.99. The highest BCUT2D eigenvalue weighted by Crippen LogP contribution is 2.31. The second kappa shape index (κ2) is 7.69. The first-order valence-corrected chi connectivity index (χ1v) is 8.31. The fraction of sp³-hybridized carbons (Fsp3) is 0.312. The summed E-state index contributed by atoms with van der Waals surface area (Å²) in [7, 11) is 0. The van der Waals surface area contributed by atoms with E-state index in [4.69, 9.17) is 17.3 Å². The van der Waals surface area contributed by atoms with Crippen molar-refractivity contribution in [1.82, 2.24) is 10.3 Å². The molecule has 0 amide bonds. The van der Waals surface area contributed by atoms with Gasteiger partial charge in [0, 0.05) is 28.5 Å². The fourth-order valence-corrected chi connectivity index (χ4v) is 3.45. The number of aromatic nitrogens is 1. The highest BCUT2D eigenvalue weighted by Gasteiger charge is 2.15. The van der Waals surface area contributed by atoms with Gasteiger partial charge >= 0.3 is 0 Å². The van der Waals surface area contributed by atoms with E-state index in [9.17, 15) is 0 Å². The van der Waals surface area contributed by atoms with E-state index in [-0.39, 0.29) is 6.04 Å². The minimum absolute atomic E-state index is 0.156. The van der Waals surface area contributed by atoms with Gasteiger partial charge in [0.25, 0.3) is 0 Å². The van der Waals surface area contributed by atoms with E-state index < -0.39 is 0 Å². The molecule has 0 aliphatic rings. The first-order chi connectivity index (χ1) is 10.1. The monoisotopic (exact) mass is 321 g/mol. The molecule has 5 heteroatoms. The van der Waals surface area contributed by atoms with Gasteiger partial charge in [-0.15, -0.1) is 11.8 Å². The summed E-state index contributed by atoms with van der Waals surface area (Å²) in [4.78, 5) is 5.34. The van der Waals surface area contributed by atoms with E-state index in [1.54, 1.807) is 18.0 Å². The normalized spacial score (nSPS) is 12.3. The molecule has 1 aromatic carbocycles. The van der Waals surface area contributed by atoms with Crippen molar-refractivity contribution in [3.8, 4) is 0 Å². The number of nitrogens with zero attached hydrogens (tertiary/aromatic N) is 1. The maximum absolute atomic E-state index is 6.21. The molecule has 0 aliphatic heterocycles. The predicted molar refractivity (Wildman–Crippen MR) is 92.0 cm³/mol. The molecular weight excluding hydrogens is 302 g/mol. The maximum atomic E-state index is 6.21. The Kier molecular flexibility index (Phi) is 5.91. The third-order valence-corrected chi connectivity index (χ3v) is 4.76. The molecule has 0 fully saturated rings. The van der Waals surface area contributed by atoms with Crippen molar-refractivity contribution in [3.05, 3.63) is 52.7 Å². The number of nitrogens with one attached hydrogen (secondary N) is 1. The van der Waals surface area contributed by atoms with Crippen molar-refractivity contribution in [1.29, 1.82) is 0 Å². The van der Waals surface area contributed by atoms with E-state index in [0.717, 1.165) is 33.3 Å². The minimum atomic E-state index is 0.156. The highest BCUT2D eigenvalue weighted by atomic mass is 35.5. The number of anilines is 1. The summed E-state index contributed by atoms with van der Waals surface area (Å²) >= 11 is 7.94. The van der Waals surface area contributed by atoms with E-state index in [1.165, 1.54) is 0 Å². The Morgan fingerprint density at radius 2 is 2.14 bits per heavy atom. The molecule has 1 aromatic heterocycles. The van der Waals surface area contributed by atoms with Gasteiger partial charge in [0.2, 0.25) is 0 Å². The summed E-state index contributed by atoms with van der Waals surface area (Å²) in [6.07, 6.45) is 1.79. The molecule has 2 rings (SSSR count). The van der Waals surface area contributed by atoms with Crippen LogP contribution in [0.4, 0.5) is 5.82 Å². The summed E-state index contributed by atoms with van der Waals surface area (Å²) in [5, 5.41) is 4.26. The van der Waals surface area contributed by atoms with Crippen LogP contribution in [0.2, 0.25) is 5.02 Å². The van der Waals surface area contributed by atoms with E-state index in [2.05, 4.69) is 23.3 Å². The second-order valence-electron chi connectivity index (χ2n) is 4.84. The summed E-state index contributed by atoms with van der Waals surface area (Å²) in [6.45, 7) is 4.99. The molecule has 1 heterocycles. The molecule has 2 aromatic rings. The molecule has 0 aliphatic carbocycles. The van der Waals surface area contributed by atoms with Crippen LogP contribution >= 0.6 is 23.4 Å². The molecule has 0 spiro atoms. The first kappa shape index (κ1) is 16.1. The van der Waals surface area contributed by atoms with Crippen molar-refractivity contribution < 1.29 is 0 Å². The number of benzene rings is 1. The van der Waals surface area contributed by atoms with Crippen molar-refractivity contribution in [2.45, 2.75) is 24.8 Å². The number of pyridine rings is 1. The molecule has 21 heavy (non-hydrogen) atoms. The molecule has 3 nitrogen and oxygen atoms in total. The molecule has 3 N–H and O–H groups in total. The van der Waals surface area contributed by atoms with Gasteiger partial charge in [0.15, 0.2) is 0 Å². The number of hydrogen-bond acceptors (Lipinski definition) is 4. The van der Waals surface area contributed by atoms with Crippen molar-refractivity contribution in [3.63, 3.8) is 0 Å². The van der Waals surface area contributed by atoms with Gasteiger partial charge in [0.05, 0.1) is 5.02 Å². The van der Waals surface area contributed by atoms with Gasteiger partial charge in [-0.25, -0.2) is 4.98 Å². The Morgan fingerprint density at radius 3 is 2.86 bits per heavy atom. The molecular formula is C16H20ClN3S. The Hall–Kier alpha value is -1.23. The van der Waals surface area contributed by atoms with E-state index in [1.807, 2.05) is 31.2 Å². The van der Waals surface area contributed by atoms with Gasteiger partial charge in [-0.2, -0.15) is 0 Å². The van der Waals surface area contributed by atoms with E-state index >= 15 is 0 Å². The zero-order valence-electron chi connectivity index (χ0n) is 12.3. The lowest BCUT2D eigenvalue weighted by Gasteiger charge is -2.20. The standard InChI is InChI=1S/C16H20ClN3S/c1-3-19-14(12-8-11(2)9-20-16(12)18)10-21-15-7-5-4-6-13(15)17/h4-9,14,19H,3,10H2,1-2H3,(H2,18,20). The number of nitrogens with two attached hydrogens (primary N) is 1. The van der Waals surface area contributed by atoms with Gasteiger partial charge in [-0.05, 0) is 37.2 Å². The van der Waals surface area contributed by atoms with Crippen LogP contribution in [0.15, 0.2) is 41.4 Å². The van der Waals surface area contributed by atoms with Gasteiger partial charge in [-0.3, -0.25) is 0 Å². The van der Waals surface area contributed by atoms with Crippen LogP contribution in [0.3, 0.4) is 0 Å². The summed E-state index contributed by atoms with van der Waals surface area (Å²) in [5.41, 5.74) is 8.20. The Bertz CT molecular complexity index is 604. The van der Waals surface area contributed by atoms with Crippen LogP contribution in [0.25, 0.3) is 0 Å². The first-order valence-electron chi connectivity index (χ1n) is 6.94. The van der Waals surface area contributed by atoms with Crippen molar-refractivity contribution in [2.75, 3.05) is 18.0 Å². The minimum Gasteiger partial charge on any atom is -0.383 e. The largest absolute Gasteiger partial charge is 0.383 e. The summed E-state index contributed by atoms with van der Waals surface area (Å²) < 4.78 is 0. The zero-order chi connectivity index (χ0) is 15.2. The topological polar surface area (TPSA) is 50.9 Å². The summed E-state index contributed by atoms with van der Waals surface area (Å²) in [6, 6.07) is 10.1. The number of halogens is 1. The lowest BCUT2D eigenvalue weighted by molar-refractivity contribution is 0.605. The molecule has 0 radical (unpaired) electrons. The molecule has 0 bridgehead atoms. The van der Waals surface area contributed by atoms with Gasteiger partial charge in [-0.1, -0.05) is 30.7 Å². The Balaban J connectivity index is 2.16. The average molecular weight is 322 g/mol. The second-order valence-corrected chi connectivity index (χ2v) is 6.31. The van der Waals surface area contributed by atoms with Crippen molar-refractivity contribution >= 4 is 29.2 Å². The van der Waals surface area contributed by atoms with E-state index in [0.29, 0.717) is 5.82 Å². The van der Waals surface area contributed by atoms with Gasteiger partial charge < -0.3 is 11.1 Å². The molecule has 1 atom stereocenters. The molecule has 0 saturated carbocycles. The van der Waals surface area contributed by atoms with Gasteiger partial charge in [0.1, 0.15) is 5.82 Å². The zero-order valence-corrected chi connectivity index (χ0v) is 13.8. The number of hydrogen-bond donors (Lipinski definition) is 2. The summed E-state index contributed by atoms with van der Waals surface area (Å²) in [5.74, 6) is 1.44. The average Bonchev–Trinajstić information content (AvgIpc) is 2.48. The van der Waals surface area contributed by atoms with Crippen LogP contribution in [-0.4, -0.2) is 17.3 Å². The third kappa shape index (κ3) is 4.37. The van der Waals surface area contributed by atoms with Crippen LogP contribution in [0, 0.1) is 6.92 Å². The lowest BCUT2D eigenvalue weighted by atomic mass is 10.1. The molecule has 112 valence electrons. The fourth-order valence-electron chi connectivity index (χ4n) is 2.12. The molecule has 0 saturated heterocycles. The lowest BCUT2D eigenvalue weighted by Crippen LogP contribution is -2.24.